The molecule has 2 heterocycles. The van der Waals surface area contributed by atoms with Crippen LogP contribution in [-0.2, 0) is 11.2 Å². The molecule has 0 aromatic carbocycles. The van der Waals surface area contributed by atoms with Crippen molar-refractivity contribution >= 4 is 11.6 Å². The van der Waals surface area contributed by atoms with Crippen molar-refractivity contribution in [1.29, 1.82) is 0 Å². The van der Waals surface area contributed by atoms with Crippen LogP contribution < -0.4 is 5.32 Å². The van der Waals surface area contributed by atoms with Gasteiger partial charge in [0.05, 0.1) is 5.69 Å². The van der Waals surface area contributed by atoms with Crippen LogP contribution in [0.2, 0.25) is 0 Å². The molecule has 4 saturated carbocycles. The Morgan fingerprint density at radius 3 is 2.54 bits per heavy atom. The van der Waals surface area contributed by atoms with Crippen molar-refractivity contribution in [2.75, 3.05) is 6.54 Å². The van der Waals surface area contributed by atoms with E-state index in [1.54, 1.807) is 0 Å². The van der Waals surface area contributed by atoms with Crippen molar-refractivity contribution in [3.05, 3.63) is 36.3 Å². The van der Waals surface area contributed by atoms with Crippen LogP contribution in [0, 0.1) is 23.2 Å². The summed E-state index contributed by atoms with van der Waals surface area (Å²) in [4.78, 5) is 17.5. The minimum Gasteiger partial charge on any atom is -0.355 e. The Morgan fingerprint density at radius 1 is 1.17 bits per heavy atom. The molecule has 4 nitrogen and oxygen atoms in total. The maximum atomic E-state index is 12.9. The van der Waals surface area contributed by atoms with Crippen molar-refractivity contribution in [2.45, 2.75) is 44.9 Å². The molecule has 6 rings (SSSR count). The topological polar surface area (TPSA) is 46.4 Å². The van der Waals surface area contributed by atoms with Crippen LogP contribution in [0.5, 0.6) is 0 Å². The van der Waals surface area contributed by atoms with Gasteiger partial charge in [-0.15, -0.1) is 0 Å². The zero-order valence-electron chi connectivity index (χ0n) is 14.1. The predicted molar refractivity (Wildman–Crippen MR) is 92.5 cm³/mol. The second-order valence-corrected chi connectivity index (χ2v) is 8.40. The molecule has 126 valence electrons. The van der Waals surface area contributed by atoms with E-state index in [-0.39, 0.29) is 5.41 Å². The molecule has 4 aliphatic rings. The van der Waals surface area contributed by atoms with Crippen molar-refractivity contribution in [2.24, 2.45) is 23.2 Å². The van der Waals surface area contributed by atoms with Gasteiger partial charge in [0.2, 0.25) is 5.91 Å². The van der Waals surface area contributed by atoms with Crippen LogP contribution in [0.25, 0.3) is 5.65 Å². The average Bonchev–Trinajstić information content (AvgIpc) is 2.96. The lowest BCUT2D eigenvalue weighted by Crippen LogP contribution is -2.53. The molecule has 0 aliphatic heterocycles. The molecule has 1 amide bonds. The summed E-state index contributed by atoms with van der Waals surface area (Å²) in [6.45, 7) is 0.699. The number of amides is 1. The van der Waals surface area contributed by atoms with E-state index in [9.17, 15) is 4.79 Å². The van der Waals surface area contributed by atoms with Crippen LogP contribution in [0.4, 0.5) is 0 Å². The minimum atomic E-state index is -0.0341. The third-order valence-electron chi connectivity index (χ3n) is 6.60. The second kappa shape index (κ2) is 5.33. The van der Waals surface area contributed by atoms with E-state index < -0.39 is 0 Å². The highest BCUT2D eigenvalue weighted by molar-refractivity contribution is 5.83. The average molecular weight is 323 g/mol. The zero-order valence-corrected chi connectivity index (χ0v) is 14.1. The van der Waals surface area contributed by atoms with E-state index >= 15 is 0 Å². The predicted octanol–water partition coefficient (Wildman–Crippen LogP) is 3.21. The summed E-state index contributed by atoms with van der Waals surface area (Å²) in [5, 5.41) is 3.24. The summed E-state index contributed by atoms with van der Waals surface area (Å²) in [7, 11) is 0. The van der Waals surface area contributed by atoms with Gasteiger partial charge in [-0.05, 0) is 68.4 Å². The molecule has 0 spiro atoms. The standard InChI is InChI=1S/C20H25N3O/c24-19(20-10-14-7-15(11-20)9-16(8-14)12-20)21-5-4-17-13-23-6-2-1-3-18(23)22-17/h1-3,6,13-16H,4-5,7-12H2,(H,21,24). The Kier molecular flexibility index (Phi) is 3.22. The highest BCUT2D eigenvalue weighted by atomic mass is 16.2. The van der Waals surface area contributed by atoms with Crippen LogP contribution in [0.1, 0.15) is 44.2 Å². The van der Waals surface area contributed by atoms with Crippen molar-refractivity contribution < 1.29 is 4.79 Å². The number of nitrogens with zero attached hydrogens (tertiary/aromatic N) is 2. The highest BCUT2D eigenvalue weighted by Crippen LogP contribution is 2.60. The third-order valence-corrected chi connectivity index (χ3v) is 6.60. The molecule has 24 heavy (non-hydrogen) atoms. The van der Waals surface area contributed by atoms with Gasteiger partial charge >= 0.3 is 0 Å². The number of carbonyl (C=O) groups is 1. The number of fused-ring (bicyclic) bond motifs is 1. The monoisotopic (exact) mass is 323 g/mol. The number of nitrogens with one attached hydrogen (secondary N) is 1. The molecule has 4 aliphatic carbocycles. The smallest absolute Gasteiger partial charge is 0.226 e. The van der Waals surface area contributed by atoms with Crippen molar-refractivity contribution in [3.8, 4) is 0 Å². The molecule has 0 atom stereocenters. The summed E-state index contributed by atoms with van der Waals surface area (Å²) in [5.74, 6) is 2.78. The molecule has 2 aromatic rings. The molecule has 4 bridgehead atoms. The lowest BCUT2D eigenvalue weighted by Gasteiger charge is -2.55. The lowest BCUT2D eigenvalue weighted by molar-refractivity contribution is -0.146. The van der Waals surface area contributed by atoms with Crippen molar-refractivity contribution in [3.63, 3.8) is 0 Å². The third kappa shape index (κ3) is 2.35. The van der Waals surface area contributed by atoms with Gasteiger partial charge in [-0.25, -0.2) is 4.98 Å². The van der Waals surface area contributed by atoms with Gasteiger partial charge in [0.15, 0.2) is 0 Å². The number of carbonyl (C=O) groups excluding carboxylic acids is 1. The summed E-state index contributed by atoms with van der Waals surface area (Å²) < 4.78 is 2.04. The first-order valence-electron chi connectivity index (χ1n) is 9.41. The minimum absolute atomic E-state index is 0.0341. The second-order valence-electron chi connectivity index (χ2n) is 8.40. The van der Waals surface area contributed by atoms with Crippen LogP contribution in [0.15, 0.2) is 30.6 Å². The molecule has 0 saturated heterocycles. The summed E-state index contributed by atoms with van der Waals surface area (Å²) in [6, 6.07) is 6.02. The van der Waals surface area contributed by atoms with Gasteiger partial charge in [-0.3, -0.25) is 4.79 Å². The van der Waals surface area contributed by atoms with E-state index in [0.29, 0.717) is 12.5 Å². The lowest BCUT2D eigenvalue weighted by atomic mass is 9.49. The fourth-order valence-electron chi connectivity index (χ4n) is 5.99. The number of pyridine rings is 1. The van der Waals surface area contributed by atoms with Crippen molar-refractivity contribution in [1.82, 2.24) is 14.7 Å². The van der Waals surface area contributed by atoms with Gasteiger partial charge in [-0.1, -0.05) is 6.07 Å². The first kappa shape index (κ1) is 14.5. The number of hydrogen-bond acceptors (Lipinski definition) is 2. The highest BCUT2D eigenvalue weighted by Gasteiger charge is 2.54. The quantitative estimate of drug-likeness (QED) is 0.939. The molecular weight excluding hydrogens is 298 g/mol. The van der Waals surface area contributed by atoms with Crippen LogP contribution in [-0.4, -0.2) is 21.8 Å². The van der Waals surface area contributed by atoms with Gasteiger partial charge in [0, 0.05) is 30.8 Å². The number of hydrogen-bond donors (Lipinski definition) is 1. The van der Waals surface area contributed by atoms with Crippen LogP contribution >= 0.6 is 0 Å². The molecule has 0 radical (unpaired) electrons. The fraction of sp³-hybridized carbons (Fsp3) is 0.600. The first-order valence-corrected chi connectivity index (χ1v) is 9.41. The number of aromatic nitrogens is 2. The van der Waals surface area contributed by atoms with Crippen LogP contribution in [0.3, 0.4) is 0 Å². The van der Waals surface area contributed by atoms with Gasteiger partial charge in [-0.2, -0.15) is 0 Å². The van der Waals surface area contributed by atoms with E-state index in [2.05, 4.69) is 16.5 Å². The zero-order chi connectivity index (χ0) is 16.1. The first-order chi connectivity index (χ1) is 11.7. The Labute approximate surface area is 142 Å². The molecule has 2 aromatic heterocycles. The largest absolute Gasteiger partial charge is 0.355 e. The molecular formula is C20H25N3O. The van der Waals surface area contributed by atoms with Gasteiger partial charge in [0.25, 0.3) is 0 Å². The normalized spacial score (nSPS) is 33.9. The SMILES string of the molecule is O=C(NCCc1cn2ccccc2n1)C12CC3CC(CC(C3)C1)C2. The molecule has 4 fully saturated rings. The molecule has 4 heteroatoms. The van der Waals surface area contributed by atoms with E-state index in [1.807, 2.05) is 28.8 Å². The summed E-state index contributed by atoms with van der Waals surface area (Å²) in [6.07, 6.45) is 12.4. The molecule has 0 unspecified atom stereocenters. The van der Waals surface area contributed by atoms with E-state index in [0.717, 1.165) is 54.8 Å². The maximum absolute atomic E-state index is 12.9. The van der Waals surface area contributed by atoms with E-state index in [4.69, 9.17) is 0 Å². The maximum Gasteiger partial charge on any atom is 0.226 e. The fourth-order valence-corrected chi connectivity index (χ4v) is 5.99. The van der Waals surface area contributed by atoms with Gasteiger partial charge < -0.3 is 9.72 Å². The Hall–Kier alpha value is -1.84. The Morgan fingerprint density at radius 2 is 1.88 bits per heavy atom. The number of imidazole rings is 1. The summed E-state index contributed by atoms with van der Waals surface area (Å²) >= 11 is 0. The van der Waals surface area contributed by atoms with E-state index in [1.165, 1.54) is 19.3 Å². The summed E-state index contributed by atoms with van der Waals surface area (Å²) in [5.41, 5.74) is 1.99. The number of rotatable bonds is 4. The molecule has 1 N–H and O–H groups in total. The Balaban J connectivity index is 1.23. The Bertz CT molecular complexity index is 710. The van der Waals surface area contributed by atoms with Gasteiger partial charge in [0.1, 0.15) is 5.65 Å².